The van der Waals surface area contributed by atoms with Gasteiger partial charge in [0.25, 0.3) is 17.6 Å². The van der Waals surface area contributed by atoms with Crippen molar-refractivity contribution < 1.29 is 18.8 Å². The highest BCUT2D eigenvalue weighted by molar-refractivity contribution is 6.43. The molecule has 1 saturated carbocycles. The van der Waals surface area contributed by atoms with E-state index in [4.69, 9.17) is 0 Å². The number of benzene rings is 1. The van der Waals surface area contributed by atoms with Crippen LogP contribution in [0.4, 0.5) is 10.1 Å². The summed E-state index contributed by atoms with van der Waals surface area (Å²) >= 11 is 0. The lowest BCUT2D eigenvalue weighted by atomic mass is 9.70. The SMILES string of the molecule is Cc1cc(NC(=O)c2c(C)c(C(=O)C(=O)NC3(C)CC(C)C3)n(C)c2C)ccc1F. The second-order valence-corrected chi connectivity index (χ2v) is 8.77. The molecular weight excluding hydrogens is 385 g/mol. The zero-order valence-corrected chi connectivity index (χ0v) is 18.3. The molecule has 0 aliphatic heterocycles. The Labute approximate surface area is 175 Å². The maximum Gasteiger partial charge on any atom is 0.294 e. The van der Waals surface area contributed by atoms with Gasteiger partial charge in [0, 0.05) is 24.0 Å². The first-order valence-corrected chi connectivity index (χ1v) is 10.0. The summed E-state index contributed by atoms with van der Waals surface area (Å²) < 4.78 is 15.1. The number of carbonyl (C=O) groups is 3. The molecule has 6 nitrogen and oxygen atoms in total. The predicted molar refractivity (Wildman–Crippen MR) is 113 cm³/mol. The molecule has 1 aromatic heterocycles. The van der Waals surface area contributed by atoms with Crippen molar-refractivity contribution in [2.45, 2.75) is 53.0 Å². The van der Waals surface area contributed by atoms with Crippen LogP contribution in [0.2, 0.25) is 0 Å². The number of hydrogen-bond acceptors (Lipinski definition) is 3. The van der Waals surface area contributed by atoms with Crippen LogP contribution < -0.4 is 10.6 Å². The fourth-order valence-electron chi connectivity index (χ4n) is 4.57. The van der Waals surface area contributed by atoms with E-state index in [0.717, 1.165) is 12.8 Å². The van der Waals surface area contributed by atoms with Crippen LogP contribution in [0.1, 0.15) is 64.4 Å². The van der Waals surface area contributed by atoms with Crippen LogP contribution in [0.15, 0.2) is 18.2 Å². The second kappa shape index (κ2) is 7.70. The molecule has 1 heterocycles. The molecular formula is C23H28FN3O3. The Morgan fingerprint density at radius 3 is 2.37 bits per heavy atom. The van der Waals surface area contributed by atoms with E-state index in [2.05, 4.69) is 17.6 Å². The van der Waals surface area contributed by atoms with Crippen molar-refractivity contribution in [2.75, 3.05) is 5.32 Å². The van der Waals surface area contributed by atoms with Gasteiger partial charge >= 0.3 is 0 Å². The van der Waals surface area contributed by atoms with E-state index in [9.17, 15) is 18.8 Å². The van der Waals surface area contributed by atoms with Crippen LogP contribution in [0.25, 0.3) is 0 Å². The Kier molecular flexibility index (Phi) is 5.58. The zero-order valence-electron chi connectivity index (χ0n) is 18.3. The number of rotatable bonds is 5. The number of carbonyl (C=O) groups excluding carboxylic acids is 3. The molecule has 0 saturated heterocycles. The number of Topliss-reactive ketones (excluding diaryl/α,β-unsaturated/α-hetero) is 1. The van der Waals surface area contributed by atoms with Gasteiger partial charge < -0.3 is 15.2 Å². The van der Waals surface area contributed by atoms with Gasteiger partial charge in [-0.3, -0.25) is 14.4 Å². The van der Waals surface area contributed by atoms with Gasteiger partial charge in [0.15, 0.2) is 0 Å². The van der Waals surface area contributed by atoms with E-state index in [0.29, 0.717) is 34.0 Å². The highest BCUT2D eigenvalue weighted by Gasteiger charge is 2.40. The van der Waals surface area contributed by atoms with Crippen LogP contribution in [0.3, 0.4) is 0 Å². The largest absolute Gasteiger partial charge is 0.344 e. The van der Waals surface area contributed by atoms with Crippen molar-refractivity contribution in [3.63, 3.8) is 0 Å². The molecule has 1 aromatic carbocycles. The lowest BCUT2D eigenvalue weighted by molar-refractivity contribution is -0.120. The van der Waals surface area contributed by atoms with Crippen molar-refractivity contribution in [3.05, 3.63) is 52.1 Å². The molecule has 7 heteroatoms. The summed E-state index contributed by atoms with van der Waals surface area (Å²) in [5.41, 5.74) is 2.06. The summed E-state index contributed by atoms with van der Waals surface area (Å²) in [6, 6.07) is 4.31. The van der Waals surface area contributed by atoms with Crippen LogP contribution in [-0.4, -0.2) is 27.7 Å². The third-order valence-electron chi connectivity index (χ3n) is 6.01. The van der Waals surface area contributed by atoms with Gasteiger partial charge in [0.1, 0.15) is 5.82 Å². The van der Waals surface area contributed by atoms with Crippen molar-refractivity contribution in [2.24, 2.45) is 13.0 Å². The Hall–Kier alpha value is -2.96. The first-order valence-electron chi connectivity index (χ1n) is 10.0. The number of nitrogens with zero attached hydrogens (tertiary/aromatic N) is 1. The number of halogens is 1. The molecule has 2 amide bonds. The van der Waals surface area contributed by atoms with Crippen LogP contribution in [-0.2, 0) is 11.8 Å². The van der Waals surface area contributed by atoms with Gasteiger partial charge in [-0.1, -0.05) is 6.92 Å². The Balaban J connectivity index is 1.85. The summed E-state index contributed by atoms with van der Waals surface area (Å²) in [5.74, 6) is -1.56. The lowest BCUT2D eigenvalue weighted by Crippen LogP contribution is -2.56. The quantitative estimate of drug-likeness (QED) is 0.578. The summed E-state index contributed by atoms with van der Waals surface area (Å²) in [6.07, 6.45) is 1.67. The van der Waals surface area contributed by atoms with Gasteiger partial charge in [-0.2, -0.15) is 0 Å². The van der Waals surface area contributed by atoms with E-state index in [1.165, 1.54) is 12.1 Å². The Morgan fingerprint density at radius 1 is 1.17 bits per heavy atom. The van der Waals surface area contributed by atoms with Crippen LogP contribution >= 0.6 is 0 Å². The molecule has 1 aliphatic rings. The smallest absolute Gasteiger partial charge is 0.294 e. The van der Waals surface area contributed by atoms with Gasteiger partial charge in [-0.15, -0.1) is 0 Å². The standard InChI is InChI=1S/C23H28FN3O3/c1-12-10-23(5,11-12)26-22(30)20(28)19-14(3)18(15(4)27(19)6)21(29)25-16-7-8-17(24)13(2)9-16/h7-9,12H,10-11H2,1-6H3,(H,25,29)(H,26,30). The number of nitrogens with one attached hydrogen (secondary N) is 2. The number of amides is 2. The first-order chi connectivity index (χ1) is 13.9. The van der Waals surface area contributed by atoms with E-state index < -0.39 is 17.6 Å². The molecule has 0 radical (unpaired) electrons. The van der Waals surface area contributed by atoms with Crippen LogP contribution in [0, 0.1) is 32.5 Å². The topological polar surface area (TPSA) is 80.2 Å². The maximum atomic E-state index is 13.5. The molecule has 2 N–H and O–H groups in total. The van der Waals surface area contributed by atoms with Crippen molar-refractivity contribution >= 4 is 23.3 Å². The van der Waals surface area contributed by atoms with E-state index >= 15 is 0 Å². The summed E-state index contributed by atoms with van der Waals surface area (Å²) in [7, 11) is 1.66. The number of aromatic nitrogens is 1. The minimum absolute atomic E-state index is 0.196. The number of aryl methyl sites for hydroxylation is 1. The van der Waals surface area contributed by atoms with E-state index in [1.54, 1.807) is 38.5 Å². The Morgan fingerprint density at radius 2 is 1.80 bits per heavy atom. The fraction of sp³-hybridized carbons (Fsp3) is 0.435. The molecule has 160 valence electrons. The average molecular weight is 413 g/mol. The molecule has 30 heavy (non-hydrogen) atoms. The third-order valence-corrected chi connectivity index (χ3v) is 6.01. The lowest BCUT2D eigenvalue weighted by Gasteiger charge is -2.44. The van der Waals surface area contributed by atoms with E-state index in [1.807, 2.05) is 6.92 Å². The molecule has 0 unspecified atom stereocenters. The van der Waals surface area contributed by atoms with Crippen molar-refractivity contribution in [1.82, 2.24) is 9.88 Å². The highest BCUT2D eigenvalue weighted by Crippen LogP contribution is 2.37. The second-order valence-electron chi connectivity index (χ2n) is 8.77. The minimum atomic E-state index is -0.658. The molecule has 2 aromatic rings. The minimum Gasteiger partial charge on any atom is -0.344 e. The number of ketones is 1. The van der Waals surface area contributed by atoms with Gasteiger partial charge in [-0.05, 0) is 75.8 Å². The number of anilines is 1. The molecule has 0 bridgehead atoms. The highest BCUT2D eigenvalue weighted by atomic mass is 19.1. The molecule has 1 fully saturated rings. The zero-order chi connectivity index (χ0) is 22.4. The summed E-state index contributed by atoms with van der Waals surface area (Å²) in [5, 5.41) is 5.59. The first kappa shape index (κ1) is 21.7. The van der Waals surface area contributed by atoms with Gasteiger partial charge in [-0.25, -0.2) is 4.39 Å². The monoisotopic (exact) mass is 413 g/mol. The predicted octanol–water partition coefficient (Wildman–Crippen LogP) is 3.83. The average Bonchev–Trinajstić information content (AvgIpc) is 2.85. The fourth-order valence-corrected chi connectivity index (χ4v) is 4.57. The number of hydrogen-bond donors (Lipinski definition) is 2. The molecule has 0 atom stereocenters. The van der Waals surface area contributed by atoms with Gasteiger partial charge in [0.2, 0.25) is 0 Å². The third kappa shape index (κ3) is 3.88. The van der Waals surface area contributed by atoms with E-state index in [-0.39, 0.29) is 17.1 Å². The maximum absolute atomic E-state index is 13.5. The van der Waals surface area contributed by atoms with Crippen molar-refractivity contribution in [3.8, 4) is 0 Å². The summed E-state index contributed by atoms with van der Waals surface area (Å²) in [6.45, 7) is 9.04. The molecule has 0 spiro atoms. The summed E-state index contributed by atoms with van der Waals surface area (Å²) in [4.78, 5) is 38.4. The van der Waals surface area contributed by atoms with Crippen molar-refractivity contribution in [1.29, 1.82) is 0 Å². The van der Waals surface area contributed by atoms with Gasteiger partial charge in [0.05, 0.1) is 11.3 Å². The Bertz CT molecular complexity index is 1050. The molecule has 3 rings (SSSR count). The van der Waals surface area contributed by atoms with Crippen LogP contribution in [0.5, 0.6) is 0 Å². The molecule has 1 aliphatic carbocycles. The normalized spacial score (nSPS) is 20.4.